The molecule has 10 nitrogen and oxygen atoms in total. The van der Waals surface area contributed by atoms with E-state index in [-0.39, 0.29) is 46.6 Å². The molecule has 2 aromatic heterocycles. The van der Waals surface area contributed by atoms with Crippen LogP contribution >= 0.6 is 23.2 Å². The van der Waals surface area contributed by atoms with Gasteiger partial charge in [0.1, 0.15) is 12.1 Å². The smallest absolute Gasteiger partial charge is 0.246 e. The molecule has 4 aromatic rings. The molecule has 7 rings (SSSR count). The number of aromatic nitrogens is 3. The molecule has 0 aliphatic carbocycles. The highest BCUT2D eigenvalue weighted by molar-refractivity contribution is 6.36. The van der Waals surface area contributed by atoms with Gasteiger partial charge in [-0.25, -0.2) is 9.37 Å². The van der Waals surface area contributed by atoms with Crippen molar-refractivity contribution < 1.29 is 18.7 Å². The third kappa shape index (κ3) is 6.13. The largest absolute Gasteiger partial charge is 0.475 e. The van der Waals surface area contributed by atoms with Gasteiger partial charge in [0.25, 0.3) is 0 Å². The van der Waals surface area contributed by atoms with Crippen molar-refractivity contribution in [1.29, 1.82) is 5.26 Å². The lowest BCUT2D eigenvalue weighted by molar-refractivity contribution is -0.130. The summed E-state index contributed by atoms with van der Waals surface area (Å²) in [6, 6.07) is 5.57. The predicted molar refractivity (Wildman–Crippen MR) is 193 cm³/mol. The molecule has 2 aromatic carbocycles. The molecule has 3 aliphatic rings. The summed E-state index contributed by atoms with van der Waals surface area (Å²) in [6.45, 7) is 4.44. The number of ether oxygens (including phenoxy) is 2. The number of nitrogens with zero attached hydrogens (tertiary/aromatic N) is 7. The highest BCUT2D eigenvalue weighted by atomic mass is 35.5. The Hall–Kier alpha value is -4.08. The number of carbonyl (C=O) groups excluding carboxylic acids is 1. The molecule has 50 heavy (non-hydrogen) atoms. The van der Waals surface area contributed by atoms with E-state index in [0.29, 0.717) is 77.5 Å². The van der Waals surface area contributed by atoms with Crippen LogP contribution in [0.4, 0.5) is 4.39 Å². The van der Waals surface area contributed by atoms with Crippen LogP contribution in [0.1, 0.15) is 54.8 Å². The third-order valence-corrected chi connectivity index (χ3v) is 11.0. The van der Waals surface area contributed by atoms with Gasteiger partial charge >= 0.3 is 0 Å². The number of benzene rings is 2. The van der Waals surface area contributed by atoms with Crippen molar-refractivity contribution in [3.8, 4) is 23.1 Å². The standard InChI is InChI=1S/C37H38Cl2FN7O3/c1-21-29(38)14-22-17-42-18-27(22)32(21)33-30(39)16-26-35(34(33)40)44-37(50-20-25-6-4-11-45(25)2)28-19-43-47(36(26)28)24-9-12-46(23(15-24)8-10-41)31(48)7-5-13-49-3/h5,7,14,16,18-19,23-25H,4,6,8-9,11-13,15,17,20H2,1-3H3/b7-5+/t23-,24+,25+/m1/s1. The summed E-state index contributed by atoms with van der Waals surface area (Å²) < 4.78 is 30.5. The van der Waals surface area contributed by atoms with Crippen LogP contribution in [0.2, 0.25) is 10.0 Å². The number of hydrogen-bond donors (Lipinski definition) is 0. The van der Waals surface area contributed by atoms with Gasteiger partial charge in [-0.3, -0.25) is 14.5 Å². The second kappa shape index (κ2) is 14.3. The zero-order valence-electron chi connectivity index (χ0n) is 28.3. The highest BCUT2D eigenvalue weighted by Gasteiger charge is 2.34. The van der Waals surface area contributed by atoms with Crippen LogP contribution in [0.5, 0.6) is 5.88 Å². The van der Waals surface area contributed by atoms with E-state index in [0.717, 1.165) is 30.5 Å². The van der Waals surface area contributed by atoms with Crippen molar-refractivity contribution >= 4 is 57.1 Å². The molecular weight excluding hydrogens is 680 g/mol. The number of hydrogen-bond acceptors (Lipinski definition) is 8. The van der Waals surface area contributed by atoms with Crippen molar-refractivity contribution in [3.63, 3.8) is 0 Å². The normalized spacial score (nSPS) is 20.7. The number of amides is 1. The van der Waals surface area contributed by atoms with Gasteiger partial charge in [-0.1, -0.05) is 29.3 Å². The van der Waals surface area contributed by atoms with Gasteiger partial charge in [-0.15, -0.1) is 0 Å². The lowest BCUT2D eigenvalue weighted by Crippen LogP contribution is -2.46. The number of likely N-dealkylation sites (N-methyl/N-ethyl adjacent to an activating group) is 1. The summed E-state index contributed by atoms with van der Waals surface area (Å²) in [6.07, 6.45) is 9.94. The van der Waals surface area contributed by atoms with Crippen LogP contribution in [0, 0.1) is 24.1 Å². The molecule has 0 saturated carbocycles. The summed E-state index contributed by atoms with van der Waals surface area (Å²) in [4.78, 5) is 26.3. The van der Waals surface area contributed by atoms with Gasteiger partial charge in [-0.05, 0) is 75.0 Å². The fraction of sp³-hybridized carbons (Fsp3) is 0.432. The molecule has 2 fully saturated rings. The Labute approximate surface area is 300 Å². The molecule has 13 heteroatoms. The van der Waals surface area contributed by atoms with E-state index in [1.54, 1.807) is 36.6 Å². The minimum absolute atomic E-state index is 0.112. The number of halogens is 3. The van der Waals surface area contributed by atoms with Crippen molar-refractivity contribution in [2.24, 2.45) is 4.99 Å². The second-order valence-electron chi connectivity index (χ2n) is 13.3. The van der Waals surface area contributed by atoms with Gasteiger partial charge in [0.05, 0.1) is 53.8 Å². The minimum atomic E-state index is -0.580. The zero-order chi connectivity index (χ0) is 35.1. The summed E-state index contributed by atoms with van der Waals surface area (Å²) in [7, 11) is 3.64. The van der Waals surface area contributed by atoms with Gasteiger partial charge in [0, 0.05) is 59.6 Å². The van der Waals surface area contributed by atoms with E-state index in [9.17, 15) is 10.1 Å². The monoisotopic (exact) mass is 717 g/mol. The maximum absolute atomic E-state index is 17.2. The first kappa shape index (κ1) is 34.4. The van der Waals surface area contributed by atoms with Crippen LogP contribution in [-0.2, 0) is 16.1 Å². The Morgan fingerprint density at radius 1 is 1.16 bits per heavy atom. The number of pyridine rings is 1. The number of nitriles is 1. The molecule has 0 unspecified atom stereocenters. The van der Waals surface area contributed by atoms with E-state index in [4.69, 9.17) is 42.8 Å². The number of piperidine rings is 1. The molecule has 0 radical (unpaired) electrons. The molecule has 3 atom stereocenters. The Morgan fingerprint density at radius 2 is 2.00 bits per heavy atom. The van der Waals surface area contributed by atoms with Gasteiger partial charge in [0.2, 0.25) is 11.8 Å². The minimum Gasteiger partial charge on any atom is -0.475 e. The SMILES string of the molecule is COC/C=C/C(=O)N1CC[C@H](n2ncc3c(OC[C@@H]4CCCN4C)nc4c(F)c(-c5c(C)c(Cl)cc6c5C=NC6)c(Cl)cc4c32)C[C@H]1CC#N. The molecule has 5 heterocycles. The molecule has 3 aliphatic heterocycles. The first-order chi connectivity index (χ1) is 24.2. The quantitative estimate of drug-likeness (QED) is 0.171. The summed E-state index contributed by atoms with van der Waals surface area (Å²) in [5.41, 5.74) is 3.97. The number of fused-ring (bicyclic) bond motifs is 4. The predicted octanol–water partition coefficient (Wildman–Crippen LogP) is 7.06. The topological polar surface area (TPSA) is 109 Å². The van der Waals surface area contributed by atoms with Crippen molar-refractivity contribution in [3.05, 3.63) is 63.0 Å². The van der Waals surface area contributed by atoms with Gasteiger partial charge < -0.3 is 19.3 Å². The van der Waals surface area contributed by atoms with Crippen LogP contribution in [0.25, 0.3) is 32.9 Å². The van der Waals surface area contributed by atoms with Crippen LogP contribution in [-0.4, -0.2) is 89.2 Å². The van der Waals surface area contributed by atoms with Crippen LogP contribution in [0.3, 0.4) is 0 Å². The van der Waals surface area contributed by atoms with Gasteiger partial charge in [-0.2, -0.15) is 10.4 Å². The molecule has 1 amide bonds. The molecular formula is C37H38Cl2FN7O3. The third-order valence-electron chi connectivity index (χ3n) is 10.3. The van der Waals surface area contributed by atoms with Crippen LogP contribution < -0.4 is 4.74 Å². The number of carbonyl (C=O) groups is 1. The van der Waals surface area contributed by atoms with E-state index >= 15 is 4.39 Å². The average molecular weight is 719 g/mol. The lowest BCUT2D eigenvalue weighted by atomic mass is 9.91. The second-order valence-corrected chi connectivity index (χ2v) is 14.1. The first-order valence-corrected chi connectivity index (χ1v) is 17.6. The fourth-order valence-corrected chi connectivity index (χ4v) is 8.18. The lowest BCUT2D eigenvalue weighted by Gasteiger charge is -2.38. The first-order valence-electron chi connectivity index (χ1n) is 16.9. The Kier molecular flexibility index (Phi) is 9.81. The number of methoxy groups -OCH3 is 1. The Morgan fingerprint density at radius 3 is 2.76 bits per heavy atom. The van der Waals surface area contributed by atoms with Crippen molar-refractivity contribution in [1.82, 2.24) is 24.6 Å². The molecule has 2 saturated heterocycles. The molecule has 260 valence electrons. The summed E-state index contributed by atoms with van der Waals surface area (Å²) in [5.74, 6) is -0.448. The van der Waals surface area contributed by atoms with Gasteiger partial charge in [0.15, 0.2) is 5.82 Å². The van der Waals surface area contributed by atoms with Crippen LogP contribution in [0.15, 0.2) is 35.5 Å². The average Bonchev–Trinajstić information content (AvgIpc) is 3.86. The summed E-state index contributed by atoms with van der Waals surface area (Å²) >= 11 is 13.7. The Balaban J connectivity index is 1.36. The number of aliphatic imine (C=N–C) groups is 1. The van der Waals surface area contributed by atoms with Crippen molar-refractivity contribution in [2.75, 3.05) is 40.5 Å². The number of rotatable bonds is 9. The maximum Gasteiger partial charge on any atom is 0.246 e. The number of likely N-dealkylation sites (tertiary alicyclic amines) is 2. The van der Waals surface area contributed by atoms with E-state index in [1.807, 2.05) is 17.7 Å². The van der Waals surface area contributed by atoms with E-state index in [1.165, 1.54) is 6.08 Å². The Bertz CT molecular complexity index is 2090. The fourth-order valence-electron chi connectivity index (χ4n) is 7.67. The van der Waals surface area contributed by atoms with E-state index < -0.39 is 5.82 Å². The highest BCUT2D eigenvalue weighted by Crippen LogP contribution is 2.45. The maximum atomic E-state index is 17.2. The zero-order valence-corrected chi connectivity index (χ0v) is 29.8. The van der Waals surface area contributed by atoms with Crippen molar-refractivity contribution in [2.45, 2.75) is 63.7 Å². The molecule has 0 spiro atoms. The molecule has 0 bridgehead atoms. The van der Waals surface area contributed by atoms with E-state index in [2.05, 4.69) is 23.0 Å². The summed E-state index contributed by atoms with van der Waals surface area (Å²) in [5, 5.41) is 16.4. The molecule has 0 N–H and O–H groups in total.